The fourth-order valence-corrected chi connectivity index (χ4v) is 3.74. The first-order valence-electron chi connectivity index (χ1n) is 9.97. The van der Waals surface area contributed by atoms with Crippen molar-refractivity contribution in [3.05, 3.63) is 36.5 Å². The van der Waals surface area contributed by atoms with E-state index in [2.05, 4.69) is 0 Å². The lowest BCUT2D eigenvalue weighted by molar-refractivity contribution is -0.139. The summed E-state index contributed by atoms with van der Waals surface area (Å²) < 4.78 is 0. The number of nitrogens with zero attached hydrogens (tertiary/aromatic N) is 3. The van der Waals surface area contributed by atoms with Crippen molar-refractivity contribution in [3.8, 4) is 0 Å². The molecule has 0 aromatic heterocycles. The molecular weight excluding hydrogens is 390 g/mol. The minimum atomic E-state index is -0.349. The Balaban J connectivity index is 1.48. The van der Waals surface area contributed by atoms with Gasteiger partial charge < -0.3 is 0 Å². The number of carbonyl (C=O) groups is 6. The maximum absolute atomic E-state index is 11.9. The van der Waals surface area contributed by atoms with Crippen LogP contribution in [0, 0.1) is 5.92 Å². The van der Waals surface area contributed by atoms with E-state index in [-0.39, 0.29) is 54.5 Å². The number of hydrogen-bond donors (Lipinski definition) is 0. The van der Waals surface area contributed by atoms with Crippen LogP contribution in [0.3, 0.4) is 0 Å². The van der Waals surface area contributed by atoms with Crippen molar-refractivity contribution >= 4 is 35.4 Å². The molecule has 0 N–H and O–H groups in total. The Bertz CT molecular complexity index is 818. The number of amides is 6. The molecule has 0 aromatic carbocycles. The first-order chi connectivity index (χ1) is 14.4. The van der Waals surface area contributed by atoms with Gasteiger partial charge in [0.25, 0.3) is 35.4 Å². The molecule has 0 radical (unpaired) electrons. The first-order valence-corrected chi connectivity index (χ1v) is 9.97. The number of rotatable bonds is 11. The molecule has 0 fully saturated rings. The molecule has 6 amide bonds. The average molecular weight is 413 g/mol. The van der Waals surface area contributed by atoms with Crippen molar-refractivity contribution in [3.63, 3.8) is 0 Å². The summed E-state index contributed by atoms with van der Waals surface area (Å²) in [6.45, 7) is 0.862. The fraction of sp³-hybridized carbons (Fsp3) is 0.429. The molecule has 30 heavy (non-hydrogen) atoms. The quantitative estimate of drug-likeness (QED) is 0.356. The third-order valence-corrected chi connectivity index (χ3v) is 5.38. The largest absolute Gasteiger partial charge is 0.275 e. The lowest BCUT2D eigenvalue weighted by Gasteiger charge is -2.24. The van der Waals surface area contributed by atoms with E-state index in [0.29, 0.717) is 38.6 Å². The van der Waals surface area contributed by atoms with Crippen LogP contribution in [0.5, 0.6) is 0 Å². The number of carbonyl (C=O) groups excluding carboxylic acids is 6. The minimum absolute atomic E-state index is 0.0123. The van der Waals surface area contributed by atoms with Crippen molar-refractivity contribution in [1.29, 1.82) is 0 Å². The van der Waals surface area contributed by atoms with Gasteiger partial charge in [-0.2, -0.15) is 0 Å². The SMILES string of the molecule is O=C1C=CC(=O)N1CCCCC(CCCN1C(=O)C=CC1=O)CN1C(=O)C=CC1=O. The van der Waals surface area contributed by atoms with Crippen LogP contribution in [0.2, 0.25) is 0 Å². The lowest BCUT2D eigenvalue weighted by atomic mass is 9.95. The van der Waals surface area contributed by atoms with Gasteiger partial charge in [0.05, 0.1) is 0 Å². The fourth-order valence-electron chi connectivity index (χ4n) is 3.74. The highest BCUT2D eigenvalue weighted by atomic mass is 16.2. The predicted molar refractivity (Wildman–Crippen MR) is 104 cm³/mol. The zero-order chi connectivity index (χ0) is 21.7. The third kappa shape index (κ3) is 4.97. The van der Waals surface area contributed by atoms with Gasteiger partial charge in [0.2, 0.25) is 0 Å². The van der Waals surface area contributed by atoms with E-state index in [9.17, 15) is 28.8 Å². The van der Waals surface area contributed by atoms with E-state index < -0.39 is 0 Å². The van der Waals surface area contributed by atoms with Crippen molar-refractivity contribution in [2.24, 2.45) is 5.92 Å². The Labute approximate surface area is 173 Å². The highest BCUT2D eigenvalue weighted by Crippen LogP contribution is 2.20. The summed E-state index contributed by atoms with van der Waals surface area (Å²) in [7, 11) is 0. The first kappa shape index (κ1) is 21.4. The van der Waals surface area contributed by atoms with Crippen LogP contribution in [0.25, 0.3) is 0 Å². The van der Waals surface area contributed by atoms with Crippen LogP contribution in [-0.2, 0) is 28.8 Å². The summed E-state index contributed by atoms with van der Waals surface area (Å²) in [5.41, 5.74) is 0. The average Bonchev–Trinajstić information content (AvgIpc) is 3.32. The molecule has 0 bridgehead atoms. The smallest absolute Gasteiger partial charge is 0.253 e. The molecule has 9 nitrogen and oxygen atoms in total. The summed E-state index contributed by atoms with van der Waals surface area (Å²) in [6, 6.07) is 0. The van der Waals surface area contributed by atoms with E-state index in [4.69, 9.17) is 0 Å². The van der Waals surface area contributed by atoms with Gasteiger partial charge in [0.15, 0.2) is 0 Å². The summed E-state index contributed by atoms with van der Waals surface area (Å²) in [6.07, 6.45) is 10.6. The zero-order valence-electron chi connectivity index (χ0n) is 16.5. The van der Waals surface area contributed by atoms with Gasteiger partial charge in [-0.15, -0.1) is 0 Å². The van der Waals surface area contributed by atoms with Crippen molar-refractivity contribution < 1.29 is 28.8 Å². The van der Waals surface area contributed by atoms with E-state index in [1.807, 2.05) is 0 Å². The Morgan fingerprint density at radius 2 is 0.867 bits per heavy atom. The van der Waals surface area contributed by atoms with Crippen molar-refractivity contribution in [2.45, 2.75) is 32.1 Å². The Morgan fingerprint density at radius 3 is 1.33 bits per heavy atom. The number of unbranched alkanes of at least 4 members (excludes halogenated alkanes) is 1. The Kier molecular flexibility index (Phi) is 6.71. The van der Waals surface area contributed by atoms with Crippen LogP contribution in [0.4, 0.5) is 0 Å². The molecule has 0 aliphatic carbocycles. The summed E-state index contributed by atoms with van der Waals surface area (Å²) in [4.78, 5) is 73.8. The summed E-state index contributed by atoms with van der Waals surface area (Å²) in [5, 5.41) is 0. The molecule has 9 heteroatoms. The number of hydrogen-bond acceptors (Lipinski definition) is 6. The molecule has 0 saturated heterocycles. The Hall–Kier alpha value is -3.36. The highest BCUT2D eigenvalue weighted by molar-refractivity contribution is 6.14. The van der Waals surface area contributed by atoms with Gasteiger partial charge >= 0.3 is 0 Å². The van der Waals surface area contributed by atoms with Crippen LogP contribution < -0.4 is 0 Å². The molecule has 3 heterocycles. The normalized spacial score (nSPS) is 19.4. The zero-order valence-corrected chi connectivity index (χ0v) is 16.5. The van der Waals surface area contributed by atoms with E-state index in [1.165, 1.54) is 51.2 Å². The minimum Gasteiger partial charge on any atom is -0.275 e. The van der Waals surface area contributed by atoms with Crippen LogP contribution in [-0.4, -0.2) is 69.8 Å². The van der Waals surface area contributed by atoms with Crippen LogP contribution in [0.15, 0.2) is 36.5 Å². The van der Waals surface area contributed by atoms with Gasteiger partial charge in [0.1, 0.15) is 0 Å². The maximum atomic E-state index is 11.9. The molecule has 1 unspecified atom stereocenters. The summed E-state index contributed by atoms with van der Waals surface area (Å²) >= 11 is 0. The second-order valence-corrected chi connectivity index (χ2v) is 7.45. The van der Waals surface area contributed by atoms with Gasteiger partial charge in [-0.25, -0.2) is 0 Å². The van der Waals surface area contributed by atoms with E-state index in [0.717, 1.165) is 0 Å². The lowest BCUT2D eigenvalue weighted by Crippen LogP contribution is -2.36. The van der Waals surface area contributed by atoms with Gasteiger partial charge in [-0.1, -0.05) is 6.42 Å². The van der Waals surface area contributed by atoms with E-state index in [1.54, 1.807) is 0 Å². The summed E-state index contributed by atoms with van der Waals surface area (Å²) in [5.74, 6) is -2.01. The Morgan fingerprint density at radius 1 is 0.500 bits per heavy atom. The highest BCUT2D eigenvalue weighted by Gasteiger charge is 2.28. The van der Waals surface area contributed by atoms with Crippen molar-refractivity contribution in [1.82, 2.24) is 14.7 Å². The molecule has 158 valence electrons. The second-order valence-electron chi connectivity index (χ2n) is 7.45. The molecular formula is C21H23N3O6. The molecule has 0 saturated carbocycles. The predicted octanol–water partition coefficient (Wildman–Crippen LogP) is 0.328. The monoisotopic (exact) mass is 413 g/mol. The second kappa shape index (κ2) is 9.43. The van der Waals surface area contributed by atoms with Crippen molar-refractivity contribution in [2.75, 3.05) is 19.6 Å². The topological polar surface area (TPSA) is 112 Å². The molecule has 3 aliphatic heterocycles. The third-order valence-electron chi connectivity index (χ3n) is 5.38. The molecule has 3 aliphatic rings. The molecule has 1 atom stereocenters. The maximum Gasteiger partial charge on any atom is 0.253 e. The molecule has 0 aromatic rings. The van der Waals surface area contributed by atoms with Gasteiger partial charge in [-0.3, -0.25) is 43.5 Å². The van der Waals surface area contributed by atoms with E-state index >= 15 is 0 Å². The van der Waals surface area contributed by atoms with Gasteiger partial charge in [0, 0.05) is 56.1 Å². The van der Waals surface area contributed by atoms with Crippen LogP contribution in [0.1, 0.15) is 32.1 Å². The van der Waals surface area contributed by atoms with Gasteiger partial charge in [-0.05, 0) is 31.6 Å². The standard InChI is InChI=1S/C21H23N3O6/c25-16-6-7-17(26)22(16)12-2-1-4-15(14-24-20(29)10-11-21(24)30)5-3-13-23-18(27)8-9-19(23)28/h6-11,15H,1-5,12-14H2. The molecule has 0 spiro atoms. The number of imide groups is 3. The molecule has 3 rings (SSSR count). The van der Waals surface area contributed by atoms with Crippen LogP contribution >= 0.6 is 0 Å².